The van der Waals surface area contributed by atoms with Gasteiger partial charge in [-0.2, -0.15) is 0 Å². The summed E-state index contributed by atoms with van der Waals surface area (Å²) in [4.78, 5) is 30.7. The van der Waals surface area contributed by atoms with Gasteiger partial charge in [-0.3, -0.25) is 19.8 Å². The van der Waals surface area contributed by atoms with Crippen LogP contribution in [0.1, 0.15) is 45.3 Å². The van der Waals surface area contributed by atoms with E-state index < -0.39 is 0 Å². The Morgan fingerprint density at radius 3 is 2.74 bits per heavy atom. The van der Waals surface area contributed by atoms with Crippen LogP contribution in [0, 0.1) is 5.82 Å². The van der Waals surface area contributed by atoms with E-state index in [1.165, 1.54) is 17.4 Å². The topological polar surface area (TPSA) is 92.2 Å². The fourth-order valence-electron chi connectivity index (χ4n) is 4.22. The van der Waals surface area contributed by atoms with E-state index in [4.69, 9.17) is 0 Å². The minimum atomic E-state index is -0.284. The fourth-order valence-corrected chi connectivity index (χ4v) is 5.09. The summed E-state index contributed by atoms with van der Waals surface area (Å²) in [6.45, 7) is 1.50. The molecule has 0 unspecified atom stereocenters. The number of allylic oxidation sites excluding steroid dienone is 2. The van der Waals surface area contributed by atoms with E-state index in [0.29, 0.717) is 31.0 Å². The summed E-state index contributed by atoms with van der Waals surface area (Å²) in [5, 5.41) is 7.15. The number of carbonyl (C=O) groups excluding carboxylic acids is 1. The van der Waals surface area contributed by atoms with Crippen molar-refractivity contribution < 1.29 is 9.18 Å². The Balaban J connectivity index is 1.18. The van der Waals surface area contributed by atoms with E-state index in [1.54, 1.807) is 42.9 Å². The van der Waals surface area contributed by atoms with E-state index in [0.717, 1.165) is 40.6 Å². The zero-order valence-corrected chi connectivity index (χ0v) is 19.9. The fraction of sp³-hybridized carbons (Fsp3) is 0.269. The van der Waals surface area contributed by atoms with Crippen LogP contribution >= 0.6 is 11.3 Å². The number of aliphatic imine (C=N–C) groups is 1. The maximum absolute atomic E-state index is 14.4. The number of hydrogen-bond acceptors (Lipinski definition) is 7. The molecule has 2 aliphatic rings. The van der Waals surface area contributed by atoms with Gasteiger partial charge in [0.2, 0.25) is 0 Å². The number of aromatic nitrogens is 3. The van der Waals surface area contributed by atoms with Gasteiger partial charge in [-0.25, -0.2) is 9.37 Å². The first kappa shape index (κ1) is 23.0. The number of halogens is 1. The number of amidine groups is 1. The highest BCUT2D eigenvalue weighted by Crippen LogP contribution is 2.43. The van der Waals surface area contributed by atoms with E-state index in [-0.39, 0.29) is 17.1 Å². The van der Waals surface area contributed by atoms with Crippen molar-refractivity contribution in [3.8, 4) is 0 Å². The predicted molar refractivity (Wildman–Crippen MR) is 135 cm³/mol. The monoisotopic (exact) mass is 488 g/mol. The average molecular weight is 489 g/mol. The van der Waals surface area contributed by atoms with Crippen molar-refractivity contribution >= 4 is 28.7 Å². The Labute approximate surface area is 207 Å². The highest BCUT2D eigenvalue weighted by molar-refractivity contribution is 7.12. The second-order valence-corrected chi connectivity index (χ2v) is 9.68. The maximum atomic E-state index is 14.4. The Kier molecular flexibility index (Phi) is 6.76. The van der Waals surface area contributed by atoms with Crippen LogP contribution in [-0.2, 0) is 12.0 Å². The van der Waals surface area contributed by atoms with Crippen molar-refractivity contribution in [2.75, 3.05) is 13.1 Å². The van der Waals surface area contributed by atoms with Gasteiger partial charge in [0.25, 0.3) is 5.91 Å². The zero-order valence-electron chi connectivity index (χ0n) is 19.1. The SMILES string of the molecule is O=C(NCc1cnc(C2=CCN=C(NCC3(c4ncccc4F)CCC3)C=C2)s1)c1ccccn1. The van der Waals surface area contributed by atoms with Crippen LogP contribution in [0.15, 0.2) is 72.1 Å². The van der Waals surface area contributed by atoms with Gasteiger partial charge in [-0.1, -0.05) is 18.6 Å². The smallest absolute Gasteiger partial charge is 0.270 e. The molecule has 5 rings (SSSR count). The second kappa shape index (κ2) is 10.3. The summed E-state index contributed by atoms with van der Waals surface area (Å²) >= 11 is 1.53. The summed E-state index contributed by atoms with van der Waals surface area (Å²) in [5.41, 5.74) is 1.63. The van der Waals surface area contributed by atoms with Crippen molar-refractivity contribution in [1.29, 1.82) is 0 Å². The maximum Gasteiger partial charge on any atom is 0.270 e. The average Bonchev–Trinajstić information content (AvgIpc) is 3.21. The molecule has 1 aliphatic heterocycles. The highest BCUT2D eigenvalue weighted by Gasteiger charge is 2.41. The molecule has 3 aromatic rings. The largest absolute Gasteiger partial charge is 0.369 e. The third-order valence-electron chi connectivity index (χ3n) is 6.29. The molecule has 4 heterocycles. The van der Waals surface area contributed by atoms with Crippen LogP contribution in [0.5, 0.6) is 0 Å². The van der Waals surface area contributed by atoms with Gasteiger partial charge in [0.15, 0.2) is 0 Å². The van der Waals surface area contributed by atoms with Crippen molar-refractivity contribution in [2.24, 2.45) is 4.99 Å². The summed E-state index contributed by atoms with van der Waals surface area (Å²) in [5.74, 6) is 0.304. The normalized spacial score (nSPS) is 16.5. The van der Waals surface area contributed by atoms with Crippen LogP contribution in [0.2, 0.25) is 0 Å². The van der Waals surface area contributed by atoms with Gasteiger partial charge in [0, 0.05) is 41.0 Å². The minimum Gasteiger partial charge on any atom is -0.369 e. The number of hydrogen-bond donors (Lipinski definition) is 2. The highest BCUT2D eigenvalue weighted by atomic mass is 32.1. The Morgan fingerprint density at radius 2 is 1.97 bits per heavy atom. The van der Waals surface area contributed by atoms with Crippen LogP contribution in [-0.4, -0.2) is 39.8 Å². The Hall–Kier alpha value is -3.72. The Morgan fingerprint density at radius 1 is 1.09 bits per heavy atom. The third-order valence-corrected chi connectivity index (χ3v) is 7.34. The van der Waals surface area contributed by atoms with Crippen molar-refractivity contribution in [3.63, 3.8) is 0 Å². The first-order valence-electron chi connectivity index (χ1n) is 11.5. The number of pyridine rings is 2. The van der Waals surface area contributed by atoms with E-state index >= 15 is 0 Å². The molecule has 1 fully saturated rings. The molecule has 0 bridgehead atoms. The molecule has 7 nitrogen and oxygen atoms in total. The molecule has 0 aromatic carbocycles. The molecule has 178 valence electrons. The summed E-state index contributed by atoms with van der Waals surface area (Å²) in [7, 11) is 0. The van der Waals surface area contributed by atoms with Crippen molar-refractivity contribution in [2.45, 2.75) is 31.2 Å². The number of thiazole rings is 1. The molecule has 0 spiro atoms. The lowest BCUT2D eigenvalue weighted by molar-refractivity contribution is 0.0946. The number of nitrogens with zero attached hydrogens (tertiary/aromatic N) is 4. The molecule has 0 radical (unpaired) electrons. The van der Waals surface area contributed by atoms with Gasteiger partial charge < -0.3 is 10.6 Å². The third kappa shape index (κ3) is 5.19. The van der Waals surface area contributed by atoms with Crippen LogP contribution in [0.25, 0.3) is 5.57 Å². The summed E-state index contributed by atoms with van der Waals surface area (Å²) in [6, 6.07) is 8.35. The molecule has 1 amide bonds. The molecule has 0 saturated heterocycles. The summed E-state index contributed by atoms with van der Waals surface area (Å²) < 4.78 is 14.4. The molecule has 0 atom stereocenters. The lowest BCUT2D eigenvalue weighted by atomic mass is 9.66. The van der Waals surface area contributed by atoms with E-state index in [2.05, 4.69) is 30.6 Å². The minimum absolute atomic E-state index is 0.215. The van der Waals surface area contributed by atoms with Crippen molar-refractivity contribution in [1.82, 2.24) is 25.6 Å². The van der Waals surface area contributed by atoms with Crippen LogP contribution < -0.4 is 10.6 Å². The van der Waals surface area contributed by atoms with Gasteiger partial charge in [-0.05, 0) is 49.3 Å². The molecule has 2 N–H and O–H groups in total. The van der Waals surface area contributed by atoms with Gasteiger partial charge in [0.1, 0.15) is 22.4 Å². The first-order chi connectivity index (χ1) is 17.1. The lowest BCUT2D eigenvalue weighted by Gasteiger charge is -2.41. The van der Waals surface area contributed by atoms with Gasteiger partial charge >= 0.3 is 0 Å². The second-order valence-electron chi connectivity index (χ2n) is 8.57. The molecule has 1 saturated carbocycles. The van der Waals surface area contributed by atoms with E-state index in [1.807, 2.05) is 18.2 Å². The summed E-state index contributed by atoms with van der Waals surface area (Å²) in [6.07, 6.45) is 13.9. The zero-order chi connectivity index (χ0) is 24.1. The van der Waals surface area contributed by atoms with Crippen LogP contribution in [0.4, 0.5) is 4.39 Å². The predicted octanol–water partition coefficient (Wildman–Crippen LogP) is 4.07. The molecular weight excluding hydrogens is 463 g/mol. The first-order valence-corrected chi connectivity index (χ1v) is 12.4. The number of rotatable bonds is 7. The molecule has 3 aromatic heterocycles. The molecule has 35 heavy (non-hydrogen) atoms. The quantitative estimate of drug-likeness (QED) is 0.523. The molecule has 1 aliphatic carbocycles. The molecule has 9 heteroatoms. The van der Waals surface area contributed by atoms with Crippen molar-refractivity contribution in [3.05, 3.63) is 94.2 Å². The van der Waals surface area contributed by atoms with Gasteiger partial charge in [-0.15, -0.1) is 11.3 Å². The van der Waals surface area contributed by atoms with Gasteiger partial charge in [0.05, 0.1) is 18.8 Å². The Bertz CT molecular complexity index is 1300. The standard InChI is InChI=1S/C26H25FN6OS/c27-20-5-3-13-30-23(20)26(10-4-11-26)17-33-22-8-7-18(9-14-29-22)25-32-16-19(35-25)15-31-24(34)21-6-1-2-12-28-21/h1-3,5-9,12-13,16H,4,10-11,14-15,17H2,(H,29,33)(H,31,34). The number of carbonyl (C=O) groups is 1. The number of amides is 1. The van der Waals surface area contributed by atoms with E-state index in [9.17, 15) is 9.18 Å². The molecular formula is C26H25FN6OS. The van der Waals surface area contributed by atoms with Crippen LogP contribution in [0.3, 0.4) is 0 Å². The lowest BCUT2D eigenvalue weighted by Crippen LogP contribution is -2.46. The number of nitrogens with one attached hydrogen (secondary N) is 2.